The van der Waals surface area contributed by atoms with Crippen LogP contribution < -0.4 is 0 Å². The highest BCUT2D eigenvalue weighted by molar-refractivity contribution is 6.30. The van der Waals surface area contributed by atoms with Crippen molar-refractivity contribution in [2.45, 2.75) is 0 Å². The van der Waals surface area contributed by atoms with Gasteiger partial charge in [-0.2, -0.15) is 0 Å². The van der Waals surface area contributed by atoms with E-state index in [4.69, 9.17) is 11.6 Å². The number of aldehydes is 1. The second-order valence-electron chi connectivity index (χ2n) is 4.34. The summed E-state index contributed by atoms with van der Waals surface area (Å²) < 4.78 is 14.8. The third kappa shape index (κ3) is 2.55. The van der Waals surface area contributed by atoms with Gasteiger partial charge in [-0.15, -0.1) is 5.10 Å². The predicted octanol–water partition coefficient (Wildman–Crippen LogP) is 3.54. The zero-order chi connectivity index (χ0) is 14.8. The molecule has 0 spiro atoms. The van der Waals surface area contributed by atoms with Gasteiger partial charge in [0.15, 0.2) is 12.0 Å². The topological polar surface area (TPSA) is 47.8 Å². The van der Waals surface area contributed by atoms with Gasteiger partial charge in [0.1, 0.15) is 11.5 Å². The van der Waals surface area contributed by atoms with Crippen LogP contribution in [0.25, 0.3) is 16.9 Å². The van der Waals surface area contributed by atoms with E-state index in [2.05, 4.69) is 10.3 Å². The van der Waals surface area contributed by atoms with Crippen molar-refractivity contribution in [1.29, 1.82) is 0 Å². The van der Waals surface area contributed by atoms with E-state index in [-0.39, 0.29) is 5.69 Å². The number of rotatable bonds is 3. The van der Waals surface area contributed by atoms with Crippen molar-refractivity contribution < 1.29 is 9.18 Å². The molecule has 6 heteroatoms. The maximum atomic E-state index is 13.4. The molecule has 3 aromatic rings. The highest BCUT2D eigenvalue weighted by Gasteiger charge is 2.16. The van der Waals surface area contributed by atoms with E-state index >= 15 is 0 Å². The van der Waals surface area contributed by atoms with Crippen LogP contribution in [-0.4, -0.2) is 21.3 Å². The van der Waals surface area contributed by atoms with E-state index < -0.39 is 5.82 Å². The Hall–Kier alpha value is -2.53. The lowest BCUT2D eigenvalue weighted by Crippen LogP contribution is -2.00. The number of hydrogen-bond acceptors (Lipinski definition) is 3. The van der Waals surface area contributed by atoms with Gasteiger partial charge in [0.05, 0.1) is 5.69 Å². The molecule has 0 aliphatic rings. The molecule has 0 amide bonds. The van der Waals surface area contributed by atoms with E-state index in [1.807, 2.05) is 0 Å². The van der Waals surface area contributed by atoms with Crippen molar-refractivity contribution >= 4 is 17.9 Å². The summed E-state index contributed by atoms with van der Waals surface area (Å²) in [6.45, 7) is 0. The molecule has 0 fully saturated rings. The smallest absolute Gasteiger partial charge is 0.172 e. The summed E-state index contributed by atoms with van der Waals surface area (Å²) in [5.41, 5.74) is 1.88. The fourth-order valence-electron chi connectivity index (χ4n) is 2.04. The fraction of sp³-hybridized carbons (Fsp3) is 0. The van der Waals surface area contributed by atoms with Crippen LogP contribution in [0, 0.1) is 5.82 Å². The Labute approximate surface area is 124 Å². The molecule has 3 rings (SSSR count). The van der Waals surface area contributed by atoms with Crippen LogP contribution in [0.4, 0.5) is 4.39 Å². The van der Waals surface area contributed by atoms with E-state index in [9.17, 15) is 9.18 Å². The number of carbonyl (C=O) groups is 1. The predicted molar refractivity (Wildman–Crippen MR) is 77.2 cm³/mol. The van der Waals surface area contributed by atoms with Crippen LogP contribution in [0.5, 0.6) is 0 Å². The van der Waals surface area contributed by atoms with E-state index in [1.165, 1.54) is 16.8 Å². The van der Waals surface area contributed by atoms with Gasteiger partial charge in [0.25, 0.3) is 0 Å². The van der Waals surface area contributed by atoms with Crippen LogP contribution in [0.2, 0.25) is 5.02 Å². The molecule has 0 unspecified atom stereocenters. The average Bonchev–Trinajstić information content (AvgIpc) is 2.92. The molecule has 0 saturated heterocycles. The summed E-state index contributed by atoms with van der Waals surface area (Å²) in [4.78, 5) is 11.2. The normalized spacial score (nSPS) is 10.6. The van der Waals surface area contributed by atoms with Crippen LogP contribution in [0.1, 0.15) is 10.5 Å². The van der Waals surface area contributed by atoms with Gasteiger partial charge in [-0.25, -0.2) is 9.07 Å². The zero-order valence-corrected chi connectivity index (χ0v) is 11.5. The molecule has 4 nitrogen and oxygen atoms in total. The van der Waals surface area contributed by atoms with Gasteiger partial charge in [0, 0.05) is 10.6 Å². The number of aromatic nitrogens is 3. The molecule has 0 aliphatic carbocycles. The maximum Gasteiger partial charge on any atom is 0.172 e. The molecule has 0 saturated carbocycles. The second kappa shape index (κ2) is 5.46. The minimum absolute atomic E-state index is 0.182. The first-order chi connectivity index (χ1) is 10.2. The summed E-state index contributed by atoms with van der Waals surface area (Å²) in [6.07, 6.45) is 0.618. The van der Waals surface area contributed by atoms with Crippen molar-refractivity contribution in [1.82, 2.24) is 15.0 Å². The highest BCUT2D eigenvalue weighted by atomic mass is 35.5. The number of nitrogens with zero attached hydrogens (tertiary/aromatic N) is 3. The van der Waals surface area contributed by atoms with E-state index in [0.717, 1.165) is 5.56 Å². The number of hydrogen-bond donors (Lipinski definition) is 0. The lowest BCUT2D eigenvalue weighted by atomic mass is 10.1. The van der Waals surface area contributed by atoms with Crippen molar-refractivity contribution in [3.8, 4) is 16.9 Å². The van der Waals surface area contributed by atoms with Crippen LogP contribution in [0.15, 0.2) is 48.5 Å². The van der Waals surface area contributed by atoms with E-state index in [0.29, 0.717) is 22.7 Å². The van der Waals surface area contributed by atoms with Crippen molar-refractivity contribution in [3.05, 3.63) is 65.1 Å². The molecule has 0 bridgehead atoms. The Balaban J connectivity index is 2.21. The molecule has 2 aromatic carbocycles. The lowest BCUT2D eigenvalue weighted by molar-refractivity contribution is 0.111. The Kier molecular flexibility index (Phi) is 3.50. The second-order valence-corrected chi connectivity index (χ2v) is 4.78. The molecule has 21 heavy (non-hydrogen) atoms. The minimum Gasteiger partial charge on any atom is -0.296 e. The van der Waals surface area contributed by atoms with E-state index in [1.54, 1.807) is 36.4 Å². The monoisotopic (exact) mass is 301 g/mol. The SMILES string of the molecule is O=Cc1nnn(-c2cccc(F)c2)c1-c1ccc(Cl)cc1. The number of benzene rings is 2. The van der Waals surface area contributed by atoms with Crippen molar-refractivity contribution in [3.63, 3.8) is 0 Å². The quantitative estimate of drug-likeness (QED) is 0.695. The summed E-state index contributed by atoms with van der Waals surface area (Å²) >= 11 is 5.87. The zero-order valence-electron chi connectivity index (χ0n) is 10.7. The first-order valence-electron chi connectivity index (χ1n) is 6.12. The van der Waals surface area contributed by atoms with Gasteiger partial charge >= 0.3 is 0 Å². The minimum atomic E-state index is -0.391. The van der Waals surface area contributed by atoms with Crippen molar-refractivity contribution in [2.75, 3.05) is 0 Å². The summed E-state index contributed by atoms with van der Waals surface area (Å²) in [6, 6.07) is 12.8. The highest BCUT2D eigenvalue weighted by Crippen LogP contribution is 2.26. The molecule has 1 heterocycles. The molecule has 0 radical (unpaired) electrons. The molecule has 104 valence electrons. The fourth-order valence-corrected chi connectivity index (χ4v) is 2.17. The lowest BCUT2D eigenvalue weighted by Gasteiger charge is -2.07. The van der Waals surface area contributed by atoms with Gasteiger partial charge in [-0.05, 0) is 30.3 Å². The first-order valence-corrected chi connectivity index (χ1v) is 6.49. The molecule has 0 aliphatic heterocycles. The molecule has 1 aromatic heterocycles. The molecule has 0 atom stereocenters. The Morgan fingerprint density at radius 3 is 2.57 bits per heavy atom. The van der Waals surface area contributed by atoms with Gasteiger partial charge in [-0.1, -0.05) is 35.0 Å². The maximum absolute atomic E-state index is 13.4. The Bertz CT molecular complexity index is 799. The summed E-state index contributed by atoms with van der Waals surface area (Å²) in [7, 11) is 0. The van der Waals surface area contributed by atoms with Crippen LogP contribution in [0.3, 0.4) is 0 Å². The van der Waals surface area contributed by atoms with Crippen LogP contribution in [-0.2, 0) is 0 Å². The Morgan fingerprint density at radius 1 is 1.14 bits per heavy atom. The average molecular weight is 302 g/mol. The van der Waals surface area contributed by atoms with Crippen LogP contribution >= 0.6 is 11.6 Å². The molecular formula is C15H9ClFN3O. The Morgan fingerprint density at radius 2 is 1.90 bits per heavy atom. The largest absolute Gasteiger partial charge is 0.296 e. The number of halogens is 2. The first kappa shape index (κ1) is 13.5. The molecular weight excluding hydrogens is 293 g/mol. The summed E-state index contributed by atoms with van der Waals surface area (Å²) in [5.74, 6) is -0.391. The van der Waals surface area contributed by atoms with Crippen molar-refractivity contribution in [2.24, 2.45) is 0 Å². The third-order valence-corrected chi connectivity index (χ3v) is 3.23. The standard InChI is InChI=1S/C15H9ClFN3O/c16-11-6-4-10(5-7-11)15-14(9-21)18-19-20(15)13-3-1-2-12(17)8-13/h1-9H. The van der Waals surface area contributed by atoms with Gasteiger partial charge < -0.3 is 0 Å². The van der Waals surface area contributed by atoms with Gasteiger partial charge in [-0.3, -0.25) is 4.79 Å². The number of carbonyl (C=O) groups excluding carboxylic acids is 1. The summed E-state index contributed by atoms with van der Waals surface area (Å²) in [5, 5.41) is 8.34. The van der Waals surface area contributed by atoms with Gasteiger partial charge in [0.2, 0.25) is 0 Å². The third-order valence-electron chi connectivity index (χ3n) is 2.98. The molecule has 0 N–H and O–H groups in total.